The zero-order valence-electron chi connectivity index (χ0n) is 7.77. The lowest BCUT2D eigenvalue weighted by Gasteiger charge is -2.04. The third-order valence-electron chi connectivity index (χ3n) is 0.872. The van der Waals surface area contributed by atoms with Crippen LogP contribution in [-0.4, -0.2) is 35.6 Å². The van der Waals surface area contributed by atoms with Crippen molar-refractivity contribution in [3.8, 4) is 12.1 Å². The molecule has 0 bridgehead atoms. The molecular formula is C8H14N2O3. The van der Waals surface area contributed by atoms with E-state index in [0.29, 0.717) is 0 Å². The van der Waals surface area contributed by atoms with Crippen molar-refractivity contribution in [3.63, 3.8) is 0 Å². The van der Waals surface area contributed by atoms with Crippen molar-refractivity contribution in [1.29, 1.82) is 10.5 Å². The van der Waals surface area contributed by atoms with Crippen LogP contribution in [0.25, 0.3) is 0 Å². The number of nitrogens with zero attached hydrogens (tertiary/aromatic N) is 2. The van der Waals surface area contributed by atoms with E-state index >= 15 is 0 Å². The number of hydrogen-bond donors (Lipinski definition) is 2. The number of hydrogen-bond acceptors (Lipinski definition) is 5. The van der Waals surface area contributed by atoms with Crippen LogP contribution in [0.15, 0.2) is 0 Å². The van der Waals surface area contributed by atoms with E-state index in [9.17, 15) is 0 Å². The van der Waals surface area contributed by atoms with Crippen molar-refractivity contribution >= 4 is 0 Å². The van der Waals surface area contributed by atoms with Gasteiger partial charge >= 0.3 is 0 Å². The zero-order valence-corrected chi connectivity index (χ0v) is 7.77. The first-order chi connectivity index (χ1) is 6.12. The standard InChI is InChI=1S/C6H8N2O.C2H6O2/c1-5(3-7)9-6(2)4-8;3-1-2-4/h5-6H,1-2H3;3-4H,1-2H2. The first-order valence-electron chi connectivity index (χ1n) is 3.78. The molecule has 0 spiro atoms. The van der Waals surface area contributed by atoms with Crippen LogP contribution in [0, 0.1) is 22.7 Å². The average Bonchev–Trinajstić information content (AvgIpc) is 2.17. The van der Waals surface area contributed by atoms with Gasteiger partial charge in [0.15, 0.2) is 0 Å². The van der Waals surface area contributed by atoms with Crippen LogP contribution in [0.2, 0.25) is 0 Å². The van der Waals surface area contributed by atoms with E-state index in [4.69, 9.17) is 25.5 Å². The average molecular weight is 186 g/mol. The Morgan fingerprint density at radius 2 is 1.38 bits per heavy atom. The van der Waals surface area contributed by atoms with Gasteiger partial charge in [-0.05, 0) is 13.8 Å². The van der Waals surface area contributed by atoms with Gasteiger partial charge in [-0.25, -0.2) is 0 Å². The Kier molecular flexibility index (Phi) is 12.0. The van der Waals surface area contributed by atoms with Gasteiger partial charge in [-0.3, -0.25) is 0 Å². The normalized spacial score (nSPS) is 12.8. The Morgan fingerprint density at radius 1 is 1.08 bits per heavy atom. The summed E-state index contributed by atoms with van der Waals surface area (Å²) in [6.07, 6.45) is -0.973. The molecule has 0 fully saturated rings. The first-order valence-corrected chi connectivity index (χ1v) is 3.78. The molecule has 5 heteroatoms. The van der Waals surface area contributed by atoms with Gasteiger partial charge in [-0.15, -0.1) is 0 Å². The molecule has 74 valence electrons. The van der Waals surface area contributed by atoms with Gasteiger partial charge in [0.1, 0.15) is 12.2 Å². The maximum Gasteiger partial charge on any atom is 0.142 e. The van der Waals surface area contributed by atoms with Crippen molar-refractivity contribution in [2.75, 3.05) is 13.2 Å². The summed E-state index contributed by atoms with van der Waals surface area (Å²) < 4.78 is 4.83. The summed E-state index contributed by atoms with van der Waals surface area (Å²) in [5.41, 5.74) is 0. The van der Waals surface area contributed by atoms with Crippen LogP contribution >= 0.6 is 0 Å². The van der Waals surface area contributed by atoms with E-state index in [1.807, 2.05) is 12.1 Å². The van der Waals surface area contributed by atoms with Crippen LogP contribution < -0.4 is 0 Å². The van der Waals surface area contributed by atoms with Crippen molar-refractivity contribution in [3.05, 3.63) is 0 Å². The van der Waals surface area contributed by atoms with Crippen LogP contribution in [0.3, 0.4) is 0 Å². The monoisotopic (exact) mass is 186 g/mol. The number of ether oxygens (including phenoxy) is 1. The molecule has 0 rings (SSSR count). The molecule has 0 aliphatic rings. The Hall–Kier alpha value is -1.14. The minimum Gasteiger partial charge on any atom is -0.394 e. The topological polar surface area (TPSA) is 97.3 Å². The largest absolute Gasteiger partial charge is 0.394 e. The molecule has 0 aromatic heterocycles. The van der Waals surface area contributed by atoms with E-state index in [1.54, 1.807) is 13.8 Å². The predicted octanol–water partition coefficient (Wildman–Crippen LogP) is -0.202. The minimum atomic E-state index is -0.486. The third-order valence-corrected chi connectivity index (χ3v) is 0.872. The van der Waals surface area contributed by atoms with E-state index in [2.05, 4.69) is 0 Å². The Labute approximate surface area is 77.8 Å². The van der Waals surface area contributed by atoms with E-state index < -0.39 is 12.2 Å². The fraction of sp³-hybridized carbons (Fsp3) is 0.750. The lowest BCUT2D eigenvalue weighted by Crippen LogP contribution is -2.12. The summed E-state index contributed by atoms with van der Waals surface area (Å²) in [4.78, 5) is 0. The van der Waals surface area contributed by atoms with Gasteiger partial charge < -0.3 is 14.9 Å². The van der Waals surface area contributed by atoms with Crippen LogP contribution in [0.1, 0.15) is 13.8 Å². The Morgan fingerprint density at radius 3 is 1.54 bits per heavy atom. The minimum absolute atomic E-state index is 0.125. The summed E-state index contributed by atoms with van der Waals surface area (Å²) in [6, 6.07) is 3.71. The smallest absolute Gasteiger partial charge is 0.142 e. The van der Waals surface area contributed by atoms with Gasteiger partial charge in [-0.1, -0.05) is 0 Å². The number of rotatable bonds is 3. The van der Waals surface area contributed by atoms with E-state index in [0.717, 1.165) is 0 Å². The van der Waals surface area contributed by atoms with Crippen LogP contribution in [-0.2, 0) is 4.74 Å². The zero-order chi connectivity index (χ0) is 10.7. The molecule has 0 aliphatic carbocycles. The summed E-state index contributed by atoms with van der Waals surface area (Å²) in [5, 5.41) is 31.6. The highest BCUT2D eigenvalue weighted by molar-refractivity contribution is 4.86. The van der Waals surface area contributed by atoms with Crippen molar-refractivity contribution in [2.24, 2.45) is 0 Å². The van der Waals surface area contributed by atoms with Gasteiger partial charge in [-0.2, -0.15) is 10.5 Å². The van der Waals surface area contributed by atoms with Gasteiger partial charge in [0.25, 0.3) is 0 Å². The lowest BCUT2D eigenvalue weighted by atomic mass is 10.4. The summed E-state index contributed by atoms with van der Waals surface area (Å²) in [5.74, 6) is 0. The maximum absolute atomic E-state index is 8.19. The molecule has 2 unspecified atom stereocenters. The first kappa shape index (κ1) is 14.4. The number of aliphatic hydroxyl groups is 2. The number of aliphatic hydroxyl groups excluding tert-OH is 2. The van der Waals surface area contributed by atoms with Crippen molar-refractivity contribution in [1.82, 2.24) is 0 Å². The van der Waals surface area contributed by atoms with Crippen LogP contribution in [0.5, 0.6) is 0 Å². The molecule has 0 heterocycles. The molecule has 5 nitrogen and oxygen atoms in total. The molecule has 0 aromatic rings. The highest BCUT2D eigenvalue weighted by Crippen LogP contribution is 1.93. The quantitative estimate of drug-likeness (QED) is 0.636. The summed E-state index contributed by atoms with van der Waals surface area (Å²) in [6.45, 7) is 2.96. The molecule has 13 heavy (non-hydrogen) atoms. The third kappa shape index (κ3) is 13.8. The predicted molar refractivity (Wildman–Crippen MR) is 45.4 cm³/mol. The van der Waals surface area contributed by atoms with Crippen LogP contribution in [0.4, 0.5) is 0 Å². The number of nitriles is 2. The molecule has 2 N–H and O–H groups in total. The highest BCUT2D eigenvalue weighted by atomic mass is 16.5. The van der Waals surface area contributed by atoms with Gasteiger partial charge in [0.2, 0.25) is 0 Å². The molecule has 2 atom stereocenters. The Bertz CT molecular complexity index is 163. The molecule has 0 saturated carbocycles. The van der Waals surface area contributed by atoms with E-state index in [1.165, 1.54) is 0 Å². The second-order valence-corrected chi connectivity index (χ2v) is 2.13. The lowest BCUT2D eigenvalue weighted by molar-refractivity contribution is 0.0718. The molecule has 0 amide bonds. The van der Waals surface area contributed by atoms with Gasteiger partial charge in [0, 0.05) is 0 Å². The highest BCUT2D eigenvalue weighted by Gasteiger charge is 2.03. The fourth-order valence-electron chi connectivity index (χ4n) is 0.367. The molecule has 0 aromatic carbocycles. The summed E-state index contributed by atoms with van der Waals surface area (Å²) >= 11 is 0. The second kappa shape index (κ2) is 10.9. The Balaban J connectivity index is 0. The SMILES string of the molecule is CC(C#N)OC(C)C#N.OCCO. The maximum atomic E-state index is 8.19. The molecular weight excluding hydrogens is 172 g/mol. The van der Waals surface area contributed by atoms with Crippen molar-refractivity contribution in [2.45, 2.75) is 26.1 Å². The van der Waals surface area contributed by atoms with E-state index in [-0.39, 0.29) is 13.2 Å². The summed E-state index contributed by atoms with van der Waals surface area (Å²) in [7, 11) is 0. The second-order valence-electron chi connectivity index (χ2n) is 2.13. The molecule has 0 saturated heterocycles. The molecule has 0 aliphatic heterocycles. The molecule has 0 radical (unpaired) electrons. The fourth-order valence-corrected chi connectivity index (χ4v) is 0.367. The van der Waals surface area contributed by atoms with Crippen molar-refractivity contribution < 1.29 is 14.9 Å². The van der Waals surface area contributed by atoms with Gasteiger partial charge in [0.05, 0.1) is 25.4 Å².